The predicted molar refractivity (Wildman–Crippen MR) is 45.5 cm³/mol. The van der Waals surface area contributed by atoms with Crippen molar-refractivity contribution in [3.05, 3.63) is 0 Å². The summed E-state index contributed by atoms with van der Waals surface area (Å²) in [4.78, 5) is 10.8. The number of esters is 1. The van der Waals surface area contributed by atoms with Gasteiger partial charge in [-0.3, -0.25) is 4.79 Å². The number of unbranched alkanes of at least 4 members (excludes halogenated alkanes) is 2. The zero-order chi connectivity index (χ0) is 9.40. The molecule has 4 nitrogen and oxygen atoms in total. The Kier molecular flexibility index (Phi) is 6.70. The molecule has 0 saturated carbocycles. The van der Waals surface area contributed by atoms with Crippen molar-refractivity contribution in [2.45, 2.75) is 32.2 Å². The molecule has 0 aliphatic heterocycles. The highest BCUT2D eigenvalue weighted by atomic mass is 16.5. The maximum absolute atomic E-state index is 10.8. The molecule has 0 aliphatic carbocycles. The molecule has 12 heavy (non-hydrogen) atoms. The molecule has 0 spiro atoms. The Balaban J connectivity index is 3.31. The van der Waals surface area contributed by atoms with Gasteiger partial charge in [0.1, 0.15) is 6.04 Å². The molecule has 72 valence electrons. The Morgan fingerprint density at radius 2 is 2.25 bits per heavy atom. The van der Waals surface area contributed by atoms with Crippen molar-refractivity contribution in [3.8, 4) is 0 Å². The van der Waals surface area contributed by atoms with Crippen LogP contribution in [0.15, 0.2) is 0 Å². The van der Waals surface area contributed by atoms with Crippen molar-refractivity contribution in [2.75, 3.05) is 13.2 Å². The van der Waals surface area contributed by atoms with Gasteiger partial charge in [0.05, 0.1) is 13.2 Å². The molecule has 0 radical (unpaired) electrons. The Morgan fingerprint density at radius 1 is 1.58 bits per heavy atom. The van der Waals surface area contributed by atoms with E-state index < -0.39 is 12.0 Å². The summed E-state index contributed by atoms with van der Waals surface area (Å²) in [5, 5.41) is 8.48. The highest BCUT2D eigenvalue weighted by molar-refractivity contribution is 5.75. The number of ether oxygens (including phenoxy) is 1. The van der Waals surface area contributed by atoms with Crippen LogP contribution in [0.25, 0.3) is 0 Å². The van der Waals surface area contributed by atoms with Crippen LogP contribution >= 0.6 is 0 Å². The number of aliphatic hydroxyl groups is 1. The van der Waals surface area contributed by atoms with Crippen LogP contribution in [-0.2, 0) is 9.53 Å². The number of aliphatic hydroxyl groups excluding tert-OH is 1. The second-order valence-corrected chi connectivity index (χ2v) is 2.66. The summed E-state index contributed by atoms with van der Waals surface area (Å²) in [6, 6.07) is -0.883. The maximum Gasteiger partial charge on any atom is 0.325 e. The standard InChI is InChI=1S/C8H17NO3/c1-2-3-4-5-12-8(11)7(9)6-10/h7,10H,2-6,9H2,1H3. The molecule has 0 fully saturated rings. The van der Waals surface area contributed by atoms with Gasteiger partial charge in [-0.05, 0) is 6.42 Å². The molecule has 0 amide bonds. The monoisotopic (exact) mass is 175 g/mol. The number of hydrogen-bond donors (Lipinski definition) is 2. The van der Waals surface area contributed by atoms with Crippen LogP contribution in [0.5, 0.6) is 0 Å². The minimum atomic E-state index is -0.883. The molecule has 3 N–H and O–H groups in total. The molecule has 0 rings (SSSR count). The average Bonchev–Trinajstić information content (AvgIpc) is 2.10. The van der Waals surface area contributed by atoms with Crippen LogP contribution in [0, 0.1) is 0 Å². The fourth-order valence-electron chi connectivity index (χ4n) is 0.706. The molecular weight excluding hydrogens is 158 g/mol. The smallest absolute Gasteiger partial charge is 0.325 e. The number of carbonyl (C=O) groups excluding carboxylic acids is 1. The zero-order valence-corrected chi connectivity index (χ0v) is 7.45. The van der Waals surface area contributed by atoms with Gasteiger partial charge < -0.3 is 15.6 Å². The van der Waals surface area contributed by atoms with E-state index in [2.05, 4.69) is 6.92 Å². The van der Waals surface area contributed by atoms with Gasteiger partial charge in [0.2, 0.25) is 0 Å². The molecule has 0 bridgehead atoms. The van der Waals surface area contributed by atoms with Gasteiger partial charge in [-0.1, -0.05) is 19.8 Å². The highest BCUT2D eigenvalue weighted by Crippen LogP contribution is 1.95. The second-order valence-electron chi connectivity index (χ2n) is 2.66. The summed E-state index contributed by atoms with van der Waals surface area (Å²) in [7, 11) is 0. The van der Waals surface area contributed by atoms with Crippen molar-refractivity contribution in [2.24, 2.45) is 5.73 Å². The van der Waals surface area contributed by atoms with E-state index in [1.807, 2.05) is 0 Å². The molecule has 0 aromatic heterocycles. The van der Waals surface area contributed by atoms with Gasteiger partial charge in [-0.25, -0.2) is 0 Å². The lowest BCUT2D eigenvalue weighted by Gasteiger charge is -2.07. The van der Waals surface area contributed by atoms with E-state index in [9.17, 15) is 4.79 Å². The fraction of sp³-hybridized carbons (Fsp3) is 0.875. The molecule has 0 aromatic carbocycles. The molecule has 0 aromatic rings. The van der Waals surface area contributed by atoms with Gasteiger partial charge in [-0.15, -0.1) is 0 Å². The first-order chi connectivity index (χ1) is 5.72. The summed E-state index contributed by atoms with van der Waals surface area (Å²) in [5.41, 5.74) is 5.21. The molecule has 0 heterocycles. The highest BCUT2D eigenvalue weighted by Gasteiger charge is 2.12. The average molecular weight is 175 g/mol. The van der Waals surface area contributed by atoms with Crippen molar-refractivity contribution < 1.29 is 14.6 Å². The quantitative estimate of drug-likeness (QED) is 0.441. The lowest BCUT2D eigenvalue weighted by atomic mass is 10.3. The van der Waals surface area contributed by atoms with Crippen LogP contribution in [0.3, 0.4) is 0 Å². The van der Waals surface area contributed by atoms with Crippen molar-refractivity contribution in [1.29, 1.82) is 0 Å². The van der Waals surface area contributed by atoms with Crippen LogP contribution in [0.2, 0.25) is 0 Å². The summed E-state index contributed by atoms with van der Waals surface area (Å²) < 4.78 is 4.77. The topological polar surface area (TPSA) is 72.5 Å². The first-order valence-corrected chi connectivity index (χ1v) is 4.25. The minimum absolute atomic E-state index is 0.355. The van der Waals surface area contributed by atoms with Gasteiger partial charge >= 0.3 is 5.97 Å². The summed E-state index contributed by atoms with van der Waals surface area (Å²) in [6.45, 7) is 2.12. The van der Waals surface area contributed by atoms with E-state index in [-0.39, 0.29) is 6.61 Å². The van der Waals surface area contributed by atoms with E-state index in [1.54, 1.807) is 0 Å². The van der Waals surface area contributed by atoms with Gasteiger partial charge in [0, 0.05) is 0 Å². The Labute approximate surface area is 72.7 Å². The Bertz CT molecular complexity index is 127. The van der Waals surface area contributed by atoms with Gasteiger partial charge in [0.15, 0.2) is 0 Å². The van der Waals surface area contributed by atoms with Crippen LogP contribution in [0.4, 0.5) is 0 Å². The Hall–Kier alpha value is -0.610. The van der Waals surface area contributed by atoms with Crippen LogP contribution in [0.1, 0.15) is 26.2 Å². The lowest BCUT2D eigenvalue weighted by Crippen LogP contribution is -2.35. The van der Waals surface area contributed by atoms with Gasteiger partial charge in [-0.2, -0.15) is 0 Å². The number of hydrogen-bond acceptors (Lipinski definition) is 4. The fourth-order valence-corrected chi connectivity index (χ4v) is 0.706. The molecule has 0 saturated heterocycles. The van der Waals surface area contributed by atoms with Crippen LogP contribution in [-0.4, -0.2) is 30.3 Å². The summed E-state index contributed by atoms with van der Waals surface area (Å²) in [6.07, 6.45) is 2.99. The van der Waals surface area contributed by atoms with Crippen molar-refractivity contribution in [1.82, 2.24) is 0 Å². The third-order valence-electron chi connectivity index (χ3n) is 1.49. The first-order valence-electron chi connectivity index (χ1n) is 4.25. The van der Waals surface area contributed by atoms with E-state index in [1.165, 1.54) is 0 Å². The number of carbonyl (C=O) groups is 1. The normalized spacial score (nSPS) is 12.6. The molecule has 4 heteroatoms. The van der Waals surface area contributed by atoms with Crippen molar-refractivity contribution >= 4 is 5.97 Å². The SMILES string of the molecule is CCCCCOC(=O)C(N)CO. The van der Waals surface area contributed by atoms with Crippen molar-refractivity contribution in [3.63, 3.8) is 0 Å². The first kappa shape index (κ1) is 11.4. The third kappa shape index (κ3) is 5.09. The molecule has 1 unspecified atom stereocenters. The lowest BCUT2D eigenvalue weighted by molar-refractivity contribution is -0.146. The predicted octanol–water partition coefficient (Wildman–Crippen LogP) is 0.0394. The third-order valence-corrected chi connectivity index (χ3v) is 1.49. The van der Waals surface area contributed by atoms with Gasteiger partial charge in [0.25, 0.3) is 0 Å². The Morgan fingerprint density at radius 3 is 2.75 bits per heavy atom. The van der Waals surface area contributed by atoms with E-state index in [0.29, 0.717) is 6.61 Å². The minimum Gasteiger partial charge on any atom is -0.464 e. The number of nitrogens with two attached hydrogens (primary N) is 1. The molecule has 0 aliphatic rings. The van der Waals surface area contributed by atoms with E-state index in [4.69, 9.17) is 15.6 Å². The zero-order valence-electron chi connectivity index (χ0n) is 7.45. The van der Waals surface area contributed by atoms with E-state index in [0.717, 1.165) is 19.3 Å². The molecular formula is C8H17NO3. The maximum atomic E-state index is 10.8. The van der Waals surface area contributed by atoms with E-state index >= 15 is 0 Å². The van der Waals surface area contributed by atoms with Crippen LogP contribution < -0.4 is 5.73 Å². The largest absolute Gasteiger partial charge is 0.464 e. The molecule has 1 atom stereocenters. The summed E-state index contributed by atoms with van der Waals surface area (Å²) in [5.74, 6) is -0.520. The number of rotatable bonds is 6. The second kappa shape index (κ2) is 7.06. The summed E-state index contributed by atoms with van der Waals surface area (Å²) >= 11 is 0.